The maximum absolute atomic E-state index is 13.4. The molecule has 0 bridgehead atoms. The van der Waals surface area contributed by atoms with Gasteiger partial charge in [0.05, 0.1) is 6.54 Å². The molecule has 2 amide bonds. The van der Waals surface area contributed by atoms with Crippen LogP contribution in [0.3, 0.4) is 0 Å². The van der Waals surface area contributed by atoms with Crippen LogP contribution in [0.5, 0.6) is 0 Å². The van der Waals surface area contributed by atoms with Crippen LogP contribution in [0.2, 0.25) is 0 Å². The Bertz CT molecular complexity index is 511. The summed E-state index contributed by atoms with van der Waals surface area (Å²) >= 11 is 0. The summed E-state index contributed by atoms with van der Waals surface area (Å²) < 4.78 is 13.4. The topological polar surface area (TPSA) is 54.5 Å². The summed E-state index contributed by atoms with van der Waals surface area (Å²) in [5.74, 6) is -1.43. The molecule has 0 N–H and O–H groups in total. The van der Waals surface area contributed by atoms with E-state index in [1.54, 1.807) is 12.1 Å². The van der Waals surface area contributed by atoms with Gasteiger partial charge in [-0.25, -0.2) is 4.39 Å². The highest BCUT2D eigenvalue weighted by Gasteiger charge is 2.27. The highest BCUT2D eigenvalue weighted by molar-refractivity contribution is 6.01. The van der Waals surface area contributed by atoms with Crippen molar-refractivity contribution < 1.29 is 18.8 Å². The predicted molar refractivity (Wildman–Crippen MR) is 65.7 cm³/mol. The van der Waals surface area contributed by atoms with E-state index in [2.05, 4.69) is 0 Å². The molecular weight excluding hydrogens is 249 g/mol. The van der Waals surface area contributed by atoms with Gasteiger partial charge in [-0.05, 0) is 18.1 Å². The molecule has 1 fully saturated rings. The molecule has 1 aromatic carbocycles. The number of nitrogens with zero attached hydrogens (tertiary/aromatic N) is 1. The first-order chi connectivity index (χ1) is 9.08. The number of Topliss-reactive ketones (excluding diaryl/α,β-unsaturated/α-hetero) is 1. The molecule has 0 atom stereocenters. The fraction of sp³-hybridized carbons (Fsp3) is 0.357. The van der Waals surface area contributed by atoms with Crippen molar-refractivity contribution in [2.24, 2.45) is 0 Å². The van der Waals surface area contributed by atoms with Crippen LogP contribution >= 0.6 is 0 Å². The minimum atomic E-state index is -0.452. The first-order valence-electron chi connectivity index (χ1n) is 6.16. The van der Waals surface area contributed by atoms with Crippen molar-refractivity contribution in [3.05, 3.63) is 35.6 Å². The van der Waals surface area contributed by atoms with Crippen molar-refractivity contribution in [1.82, 2.24) is 4.90 Å². The Hall–Kier alpha value is -2.04. The zero-order chi connectivity index (χ0) is 13.8. The molecule has 0 spiro atoms. The first-order valence-corrected chi connectivity index (χ1v) is 6.16. The summed E-state index contributed by atoms with van der Waals surface area (Å²) in [7, 11) is 0. The van der Waals surface area contributed by atoms with Crippen molar-refractivity contribution >= 4 is 17.6 Å². The summed E-state index contributed by atoms with van der Waals surface area (Å²) in [6.07, 6.45) is 1.01. The number of piperidine rings is 1. The molecule has 0 aliphatic carbocycles. The Morgan fingerprint density at radius 1 is 1.16 bits per heavy atom. The number of halogens is 1. The molecular formula is C14H14FNO3. The SMILES string of the molecule is O=C(Cc1ccccc1F)CN1C(=O)CCCC1=O. The number of ketones is 1. The third kappa shape index (κ3) is 3.24. The van der Waals surface area contributed by atoms with Crippen molar-refractivity contribution in [1.29, 1.82) is 0 Å². The van der Waals surface area contributed by atoms with E-state index in [9.17, 15) is 18.8 Å². The van der Waals surface area contributed by atoms with E-state index in [-0.39, 0.29) is 36.1 Å². The van der Waals surface area contributed by atoms with Gasteiger partial charge in [0.2, 0.25) is 11.8 Å². The Morgan fingerprint density at radius 3 is 2.42 bits per heavy atom. The number of hydrogen-bond acceptors (Lipinski definition) is 3. The molecule has 0 unspecified atom stereocenters. The number of carbonyl (C=O) groups excluding carboxylic acids is 3. The molecule has 1 aliphatic heterocycles. The Labute approximate surface area is 110 Å². The average Bonchev–Trinajstić information content (AvgIpc) is 2.37. The molecule has 1 saturated heterocycles. The predicted octanol–water partition coefficient (Wildman–Crippen LogP) is 1.48. The largest absolute Gasteiger partial charge is 0.297 e. The summed E-state index contributed by atoms with van der Waals surface area (Å²) in [5, 5.41) is 0. The van der Waals surface area contributed by atoms with Gasteiger partial charge in [-0.15, -0.1) is 0 Å². The van der Waals surface area contributed by atoms with Crippen molar-refractivity contribution in [2.75, 3.05) is 6.54 Å². The number of carbonyl (C=O) groups is 3. The van der Waals surface area contributed by atoms with E-state index in [1.165, 1.54) is 12.1 Å². The fourth-order valence-electron chi connectivity index (χ4n) is 2.06. The van der Waals surface area contributed by atoms with Gasteiger partial charge in [-0.3, -0.25) is 19.3 Å². The molecule has 4 nitrogen and oxygen atoms in total. The highest BCUT2D eigenvalue weighted by Crippen LogP contribution is 2.13. The van der Waals surface area contributed by atoms with Crippen LogP contribution in [-0.4, -0.2) is 29.0 Å². The van der Waals surface area contributed by atoms with Gasteiger partial charge in [0.25, 0.3) is 0 Å². The highest BCUT2D eigenvalue weighted by atomic mass is 19.1. The third-order valence-corrected chi connectivity index (χ3v) is 3.06. The zero-order valence-electron chi connectivity index (χ0n) is 10.4. The smallest absolute Gasteiger partial charge is 0.229 e. The minimum Gasteiger partial charge on any atom is -0.297 e. The average molecular weight is 263 g/mol. The second-order valence-corrected chi connectivity index (χ2v) is 4.53. The van der Waals surface area contributed by atoms with Crippen LogP contribution in [0.1, 0.15) is 24.8 Å². The van der Waals surface area contributed by atoms with Gasteiger partial charge in [0.15, 0.2) is 5.78 Å². The Balaban J connectivity index is 1.99. The quantitative estimate of drug-likeness (QED) is 0.773. The van der Waals surface area contributed by atoms with Crippen LogP contribution in [0.4, 0.5) is 4.39 Å². The fourth-order valence-corrected chi connectivity index (χ4v) is 2.06. The maximum Gasteiger partial charge on any atom is 0.229 e. The molecule has 0 saturated carbocycles. The van der Waals surface area contributed by atoms with Crippen LogP contribution in [0, 0.1) is 5.82 Å². The number of hydrogen-bond donors (Lipinski definition) is 0. The Kier molecular flexibility index (Phi) is 4.04. The van der Waals surface area contributed by atoms with Gasteiger partial charge >= 0.3 is 0 Å². The number of likely N-dealkylation sites (tertiary alicyclic amines) is 1. The van der Waals surface area contributed by atoms with E-state index >= 15 is 0 Å². The lowest BCUT2D eigenvalue weighted by atomic mass is 10.1. The third-order valence-electron chi connectivity index (χ3n) is 3.06. The molecule has 1 heterocycles. The van der Waals surface area contributed by atoms with Crippen molar-refractivity contribution in [3.63, 3.8) is 0 Å². The van der Waals surface area contributed by atoms with E-state index < -0.39 is 5.82 Å². The standard InChI is InChI=1S/C14H14FNO3/c15-12-5-2-1-4-10(12)8-11(17)9-16-13(18)6-3-7-14(16)19/h1-2,4-5H,3,6-9H2. The number of benzene rings is 1. The van der Waals surface area contributed by atoms with E-state index in [4.69, 9.17) is 0 Å². The van der Waals surface area contributed by atoms with Crippen LogP contribution in [0.15, 0.2) is 24.3 Å². The van der Waals surface area contributed by atoms with Gasteiger partial charge in [0.1, 0.15) is 5.82 Å². The normalized spacial score (nSPS) is 15.7. The van der Waals surface area contributed by atoms with Gasteiger partial charge in [-0.2, -0.15) is 0 Å². The number of imide groups is 1. The van der Waals surface area contributed by atoms with E-state index in [0.29, 0.717) is 19.3 Å². The molecule has 1 aliphatic rings. The Morgan fingerprint density at radius 2 is 1.79 bits per heavy atom. The summed E-state index contributed by atoms with van der Waals surface area (Å²) in [6, 6.07) is 5.98. The minimum absolute atomic E-state index is 0.107. The zero-order valence-corrected chi connectivity index (χ0v) is 10.4. The van der Waals surface area contributed by atoms with Crippen molar-refractivity contribution in [3.8, 4) is 0 Å². The van der Waals surface area contributed by atoms with Crippen molar-refractivity contribution in [2.45, 2.75) is 25.7 Å². The lowest BCUT2D eigenvalue weighted by Crippen LogP contribution is -2.43. The summed E-state index contributed by atoms with van der Waals surface area (Å²) in [6.45, 7) is -0.258. The molecule has 2 rings (SSSR count). The molecule has 5 heteroatoms. The second-order valence-electron chi connectivity index (χ2n) is 4.53. The second kappa shape index (κ2) is 5.73. The van der Waals surface area contributed by atoms with Gasteiger partial charge in [0, 0.05) is 19.3 Å². The number of rotatable bonds is 4. The molecule has 1 aromatic rings. The lowest BCUT2D eigenvalue weighted by molar-refractivity contribution is -0.150. The van der Waals surface area contributed by atoms with E-state index in [0.717, 1.165) is 4.90 Å². The van der Waals surface area contributed by atoms with Crippen LogP contribution in [-0.2, 0) is 20.8 Å². The molecule has 0 radical (unpaired) electrons. The van der Waals surface area contributed by atoms with E-state index in [1.807, 2.05) is 0 Å². The molecule has 100 valence electrons. The van der Waals surface area contributed by atoms with Crippen LogP contribution in [0.25, 0.3) is 0 Å². The van der Waals surface area contributed by atoms with Gasteiger partial charge < -0.3 is 0 Å². The summed E-state index contributed by atoms with van der Waals surface area (Å²) in [4.78, 5) is 35.9. The maximum atomic E-state index is 13.4. The number of amides is 2. The van der Waals surface area contributed by atoms with Crippen LogP contribution < -0.4 is 0 Å². The molecule has 19 heavy (non-hydrogen) atoms. The lowest BCUT2D eigenvalue weighted by Gasteiger charge is -2.24. The summed E-state index contributed by atoms with van der Waals surface area (Å²) in [5.41, 5.74) is 0.282. The van der Waals surface area contributed by atoms with Gasteiger partial charge in [-0.1, -0.05) is 18.2 Å². The first kappa shape index (κ1) is 13.4. The molecule has 0 aromatic heterocycles. The monoisotopic (exact) mass is 263 g/mol.